The average molecular weight is 333 g/mol. The van der Waals surface area contributed by atoms with Crippen LogP contribution in [0.25, 0.3) is 0 Å². The van der Waals surface area contributed by atoms with Gasteiger partial charge in [-0.2, -0.15) is 0 Å². The predicted octanol–water partition coefficient (Wildman–Crippen LogP) is 5.23. The average Bonchev–Trinajstić information content (AvgIpc) is 2.44. The van der Waals surface area contributed by atoms with Gasteiger partial charge in [0.05, 0.1) is 11.4 Å². The van der Waals surface area contributed by atoms with E-state index in [-0.39, 0.29) is 0 Å². The van der Waals surface area contributed by atoms with E-state index in [1.165, 1.54) is 32.3 Å². The van der Waals surface area contributed by atoms with Crippen molar-refractivity contribution in [1.82, 2.24) is 0 Å². The van der Waals surface area contributed by atoms with Crippen molar-refractivity contribution in [1.29, 1.82) is 0 Å². The standard InChI is InChI=1S/C18H24N2S2/c1-13-7-9-15(19(3)4)17(11-13)21-22-18-12-14(2)8-10-16(18)20(5)6/h7-12H,1-6H3. The van der Waals surface area contributed by atoms with E-state index in [1.54, 1.807) is 0 Å². The van der Waals surface area contributed by atoms with Crippen LogP contribution in [0.5, 0.6) is 0 Å². The molecule has 0 amide bonds. The Kier molecular flexibility index (Phi) is 5.70. The molecule has 0 heterocycles. The van der Waals surface area contributed by atoms with Gasteiger partial charge in [0.2, 0.25) is 0 Å². The van der Waals surface area contributed by atoms with Crippen LogP contribution in [0.3, 0.4) is 0 Å². The van der Waals surface area contributed by atoms with Crippen LogP contribution in [-0.4, -0.2) is 28.2 Å². The molecule has 0 aliphatic rings. The maximum absolute atomic E-state index is 2.26. The zero-order valence-electron chi connectivity index (χ0n) is 14.2. The Morgan fingerprint density at radius 3 is 1.32 bits per heavy atom. The zero-order valence-corrected chi connectivity index (χ0v) is 15.8. The highest BCUT2D eigenvalue weighted by atomic mass is 33.1. The monoisotopic (exact) mass is 332 g/mol. The van der Waals surface area contributed by atoms with Crippen LogP contribution in [0.4, 0.5) is 11.4 Å². The minimum Gasteiger partial charge on any atom is -0.377 e. The molecule has 0 atom stereocenters. The molecule has 2 aromatic rings. The van der Waals surface area contributed by atoms with Crippen molar-refractivity contribution in [3.8, 4) is 0 Å². The van der Waals surface area contributed by atoms with Gasteiger partial charge in [-0.05, 0) is 49.2 Å². The van der Waals surface area contributed by atoms with Gasteiger partial charge in [-0.3, -0.25) is 0 Å². The van der Waals surface area contributed by atoms with Gasteiger partial charge in [0.25, 0.3) is 0 Å². The molecular formula is C18H24N2S2. The van der Waals surface area contributed by atoms with E-state index in [2.05, 4.69) is 88.2 Å². The lowest BCUT2D eigenvalue weighted by atomic mass is 10.2. The Balaban J connectivity index is 2.27. The number of hydrogen-bond donors (Lipinski definition) is 0. The van der Waals surface area contributed by atoms with Crippen LogP contribution in [0.15, 0.2) is 46.2 Å². The predicted molar refractivity (Wildman–Crippen MR) is 103 cm³/mol. The molecule has 0 aliphatic carbocycles. The third-order valence-electron chi connectivity index (χ3n) is 3.42. The molecule has 0 N–H and O–H groups in total. The molecule has 0 unspecified atom stereocenters. The molecule has 2 nitrogen and oxygen atoms in total. The molecule has 4 heteroatoms. The van der Waals surface area contributed by atoms with Crippen LogP contribution in [0.2, 0.25) is 0 Å². The minimum atomic E-state index is 1.27. The topological polar surface area (TPSA) is 6.48 Å². The third kappa shape index (κ3) is 4.14. The summed E-state index contributed by atoms with van der Waals surface area (Å²) in [4.78, 5) is 6.96. The summed E-state index contributed by atoms with van der Waals surface area (Å²) >= 11 is 0. The number of nitrogens with zero attached hydrogens (tertiary/aromatic N) is 2. The first-order valence-corrected chi connectivity index (χ1v) is 9.44. The molecule has 0 saturated heterocycles. The summed E-state index contributed by atoms with van der Waals surface area (Å²) in [7, 11) is 12.0. The van der Waals surface area contributed by atoms with Gasteiger partial charge in [0, 0.05) is 38.0 Å². The molecule has 0 aromatic heterocycles. The summed E-state index contributed by atoms with van der Waals surface area (Å²) in [6.07, 6.45) is 0. The third-order valence-corrected chi connectivity index (χ3v) is 5.84. The molecule has 0 fully saturated rings. The quantitative estimate of drug-likeness (QED) is 0.691. The molecule has 2 rings (SSSR count). The van der Waals surface area contributed by atoms with Crippen molar-refractivity contribution in [2.24, 2.45) is 0 Å². The van der Waals surface area contributed by atoms with Crippen molar-refractivity contribution < 1.29 is 0 Å². The zero-order chi connectivity index (χ0) is 16.3. The fourth-order valence-electron chi connectivity index (χ4n) is 2.20. The van der Waals surface area contributed by atoms with E-state index < -0.39 is 0 Å². The van der Waals surface area contributed by atoms with Crippen LogP contribution < -0.4 is 9.80 Å². The lowest BCUT2D eigenvalue weighted by Gasteiger charge is -2.19. The van der Waals surface area contributed by atoms with E-state index in [4.69, 9.17) is 0 Å². The summed E-state index contributed by atoms with van der Waals surface area (Å²) in [5, 5.41) is 0. The maximum Gasteiger partial charge on any atom is 0.0508 e. The highest BCUT2D eigenvalue weighted by Gasteiger charge is 2.10. The summed E-state index contributed by atoms with van der Waals surface area (Å²) < 4.78 is 0. The molecule has 0 bridgehead atoms. The van der Waals surface area contributed by atoms with Crippen molar-refractivity contribution in [2.75, 3.05) is 38.0 Å². The van der Waals surface area contributed by atoms with Crippen LogP contribution in [0.1, 0.15) is 11.1 Å². The van der Waals surface area contributed by atoms with Gasteiger partial charge in [-0.25, -0.2) is 0 Å². The molecular weight excluding hydrogens is 308 g/mol. The summed E-state index contributed by atoms with van der Waals surface area (Å²) in [5.74, 6) is 0. The van der Waals surface area contributed by atoms with Crippen molar-refractivity contribution in [2.45, 2.75) is 23.6 Å². The SMILES string of the molecule is Cc1ccc(N(C)C)c(SSc2cc(C)ccc2N(C)C)c1. The molecule has 118 valence electrons. The van der Waals surface area contributed by atoms with E-state index in [0.717, 1.165) is 0 Å². The summed E-state index contributed by atoms with van der Waals surface area (Å²) in [6.45, 7) is 4.29. The number of aryl methyl sites for hydroxylation is 2. The molecule has 0 spiro atoms. The Hall–Kier alpha value is -1.26. The Morgan fingerprint density at radius 2 is 1.00 bits per heavy atom. The molecule has 2 aromatic carbocycles. The fourth-order valence-corrected chi connectivity index (χ4v) is 4.86. The minimum absolute atomic E-state index is 1.27. The van der Waals surface area contributed by atoms with E-state index in [9.17, 15) is 0 Å². The lowest BCUT2D eigenvalue weighted by molar-refractivity contribution is 1.09. The normalized spacial score (nSPS) is 10.6. The number of benzene rings is 2. The largest absolute Gasteiger partial charge is 0.377 e. The Morgan fingerprint density at radius 1 is 0.636 bits per heavy atom. The van der Waals surface area contributed by atoms with Crippen LogP contribution >= 0.6 is 21.6 Å². The molecule has 0 saturated carbocycles. The number of rotatable bonds is 5. The first-order chi connectivity index (χ1) is 10.4. The maximum atomic E-state index is 2.26. The van der Waals surface area contributed by atoms with E-state index in [0.29, 0.717) is 0 Å². The van der Waals surface area contributed by atoms with Crippen LogP contribution in [-0.2, 0) is 0 Å². The second-order valence-electron chi connectivity index (χ2n) is 5.90. The van der Waals surface area contributed by atoms with Gasteiger partial charge >= 0.3 is 0 Å². The van der Waals surface area contributed by atoms with Gasteiger partial charge in [0.1, 0.15) is 0 Å². The highest BCUT2D eigenvalue weighted by molar-refractivity contribution is 8.76. The van der Waals surface area contributed by atoms with Crippen molar-refractivity contribution in [3.63, 3.8) is 0 Å². The van der Waals surface area contributed by atoms with Gasteiger partial charge in [-0.15, -0.1) is 0 Å². The Bertz CT molecular complexity index is 594. The second kappa shape index (κ2) is 7.34. The first kappa shape index (κ1) is 17.1. The number of anilines is 2. The van der Waals surface area contributed by atoms with Crippen LogP contribution in [0, 0.1) is 13.8 Å². The smallest absolute Gasteiger partial charge is 0.0508 e. The fraction of sp³-hybridized carbons (Fsp3) is 0.333. The molecule has 0 aliphatic heterocycles. The highest BCUT2D eigenvalue weighted by Crippen LogP contribution is 2.45. The first-order valence-electron chi connectivity index (χ1n) is 7.29. The summed E-state index contributed by atoms with van der Waals surface area (Å²) in [5.41, 5.74) is 5.13. The van der Waals surface area contributed by atoms with E-state index in [1.807, 2.05) is 21.6 Å². The second-order valence-corrected chi connectivity index (χ2v) is 8.11. The lowest BCUT2D eigenvalue weighted by Crippen LogP contribution is -2.10. The van der Waals surface area contributed by atoms with Gasteiger partial charge < -0.3 is 9.80 Å². The van der Waals surface area contributed by atoms with Crippen molar-refractivity contribution >= 4 is 33.0 Å². The molecule has 0 radical (unpaired) electrons. The Labute approximate surface area is 142 Å². The summed E-state index contributed by atoms with van der Waals surface area (Å²) in [6, 6.07) is 13.3. The molecule has 22 heavy (non-hydrogen) atoms. The van der Waals surface area contributed by atoms with Crippen molar-refractivity contribution in [3.05, 3.63) is 47.5 Å². The number of hydrogen-bond acceptors (Lipinski definition) is 4. The van der Waals surface area contributed by atoms with Gasteiger partial charge in [0.15, 0.2) is 0 Å². The van der Waals surface area contributed by atoms with E-state index >= 15 is 0 Å². The van der Waals surface area contributed by atoms with Gasteiger partial charge in [-0.1, -0.05) is 33.7 Å².